The Morgan fingerprint density at radius 3 is 2.50 bits per heavy atom. The number of benzene rings is 1. The molecule has 0 spiro atoms. The molecule has 0 radical (unpaired) electrons. The first-order valence-electron chi connectivity index (χ1n) is 9.22. The molecule has 146 valence electrons. The molecule has 0 saturated carbocycles. The Morgan fingerprint density at radius 1 is 1.18 bits per heavy atom. The lowest BCUT2D eigenvalue weighted by Gasteiger charge is -2.32. The van der Waals surface area contributed by atoms with E-state index in [1.165, 1.54) is 12.1 Å². The van der Waals surface area contributed by atoms with Crippen LogP contribution < -0.4 is 5.32 Å². The molecule has 28 heavy (non-hydrogen) atoms. The Kier molecular flexibility index (Phi) is 6.31. The van der Waals surface area contributed by atoms with Gasteiger partial charge in [-0.05, 0) is 36.5 Å². The van der Waals surface area contributed by atoms with Crippen LogP contribution >= 0.6 is 0 Å². The fourth-order valence-corrected chi connectivity index (χ4v) is 3.25. The molecule has 0 atom stereocenters. The predicted octanol–water partition coefficient (Wildman–Crippen LogP) is 2.20. The van der Waals surface area contributed by atoms with Crippen LogP contribution in [0.15, 0.2) is 48.8 Å². The SMILES string of the molecule is O=C(Cc1ccc([N+](=O)[O-])cc1)NCC1CCN(C(=O)c2cccnc2)CC1. The van der Waals surface area contributed by atoms with Crippen molar-refractivity contribution in [3.05, 3.63) is 70.0 Å². The number of pyridine rings is 1. The van der Waals surface area contributed by atoms with Crippen molar-refractivity contribution in [3.8, 4) is 0 Å². The van der Waals surface area contributed by atoms with E-state index in [-0.39, 0.29) is 23.9 Å². The van der Waals surface area contributed by atoms with Gasteiger partial charge in [-0.25, -0.2) is 0 Å². The van der Waals surface area contributed by atoms with E-state index in [2.05, 4.69) is 10.3 Å². The maximum atomic E-state index is 12.4. The van der Waals surface area contributed by atoms with Crippen LogP contribution in [0, 0.1) is 16.0 Å². The molecule has 8 heteroatoms. The van der Waals surface area contributed by atoms with Gasteiger partial charge in [-0.2, -0.15) is 0 Å². The van der Waals surface area contributed by atoms with Crippen molar-refractivity contribution in [2.24, 2.45) is 5.92 Å². The number of hydrogen-bond donors (Lipinski definition) is 1. The zero-order chi connectivity index (χ0) is 19.9. The Hall–Kier alpha value is -3.29. The summed E-state index contributed by atoms with van der Waals surface area (Å²) in [5, 5.41) is 13.6. The third kappa shape index (κ3) is 5.12. The van der Waals surface area contributed by atoms with Gasteiger partial charge >= 0.3 is 0 Å². The number of nitro benzene ring substituents is 1. The summed E-state index contributed by atoms with van der Waals surface area (Å²) in [5.41, 5.74) is 1.34. The molecule has 1 aromatic carbocycles. The summed E-state index contributed by atoms with van der Waals surface area (Å²) in [5.74, 6) is 0.218. The van der Waals surface area contributed by atoms with E-state index < -0.39 is 4.92 Å². The molecular formula is C20H22N4O4. The van der Waals surface area contributed by atoms with Gasteiger partial charge in [0.1, 0.15) is 0 Å². The van der Waals surface area contributed by atoms with E-state index >= 15 is 0 Å². The van der Waals surface area contributed by atoms with Crippen molar-refractivity contribution in [3.63, 3.8) is 0 Å². The molecule has 2 amide bonds. The van der Waals surface area contributed by atoms with Crippen molar-refractivity contribution in [2.75, 3.05) is 19.6 Å². The number of rotatable bonds is 6. The molecule has 3 rings (SSSR count). The number of aromatic nitrogens is 1. The third-order valence-electron chi connectivity index (χ3n) is 4.91. The van der Waals surface area contributed by atoms with Gasteiger partial charge in [-0.1, -0.05) is 12.1 Å². The van der Waals surface area contributed by atoms with Gasteiger partial charge in [0.05, 0.1) is 16.9 Å². The Labute approximate surface area is 162 Å². The highest BCUT2D eigenvalue weighted by Gasteiger charge is 2.24. The Bertz CT molecular complexity index is 831. The molecule has 0 aliphatic carbocycles. The molecule has 2 heterocycles. The summed E-state index contributed by atoms with van der Waals surface area (Å²) in [6.45, 7) is 1.90. The van der Waals surface area contributed by atoms with Gasteiger partial charge in [-0.3, -0.25) is 24.7 Å². The smallest absolute Gasteiger partial charge is 0.269 e. The molecule has 1 fully saturated rings. The number of non-ortho nitro benzene ring substituents is 1. The number of hydrogen-bond acceptors (Lipinski definition) is 5. The number of carbonyl (C=O) groups excluding carboxylic acids is 2. The monoisotopic (exact) mass is 382 g/mol. The van der Waals surface area contributed by atoms with Gasteiger partial charge < -0.3 is 10.2 Å². The van der Waals surface area contributed by atoms with Crippen LogP contribution in [0.4, 0.5) is 5.69 Å². The Balaban J connectivity index is 1.40. The van der Waals surface area contributed by atoms with E-state index in [0.717, 1.165) is 18.4 Å². The molecule has 1 saturated heterocycles. The highest BCUT2D eigenvalue weighted by atomic mass is 16.6. The number of amides is 2. The van der Waals surface area contributed by atoms with Gasteiger partial charge in [0.2, 0.25) is 5.91 Å². The van der Waals surface area contributed by atoms with Crippen LogP contribution in [-0.4, -0.2) is 46.3 Å². The number of nitro groups is 1. The van der Waals surface area contributed by atoms with Crippen LogP contribution in [-0.2, 0) is 11.2 Å². The minimum Gasteiger partial charge on any atom is -0.356 e. The van der Waals surface area contributed by atoms with Crippen molar-refractivity contribution in [2.45, 2.75) is 19.3 Å². The van der Waals surface area contributed by atoms with E-state index in [9.17, 15) is 19.7 Å². The topological polar surface area (TPSA) is 105 Å². The summed E-state index contributed by atoms with van der Waals surface area (Å²) in [7, 11) is 0. The van der Waals surface area contributed by atoms with E-state index in [1.54, 1.807) is 36.7 Å². The van der Waals surface area contributed by atoms with Crippen LogP contribution in [0.25, 0.3) is 0 Å². The van der Waals surface area contributed by atoms with Gasteiger partial charge in [0.25, 0.3) is 11.6 Å². The van der Waals surface area contributed by atoms with Crippen LogP contribution in [0.3, 0.4) is 0 Å². The van der Waals surface area contributed by atoms with Gasteiger partial charge in [-0.15, -0.1) is 0 Å². The first kappa shape index (κ1) is 19.5. The van der Waals surface area contributed by atoms with Crippen LogP contribution in [0.1, 0.15) is 28.8 Å². The summed E-state index contributed by atoms with van der Waals surface area (Å²) in [6.07, 6.45) is 5.08. The lowest BCUT2D eigenvalue weighted by atomic mass is 9.96. The molecule has 0 unspecified atom stereocenters. The zero-order valence-electron chi connectivity index (χ0n) is 15.4. The van der Waals surface area contributed by atoms with Crippen LogP contribution in [0.5, 0.6) is 0 Å². The average Bonchev–Trinajstić information content (AvgIpc) is 2.73. The number of nitrogens with one attached hydrogen (secondary N) is 1. The van der Waals surface area contributed by atoms with E-state index in [1.807, 2.05) is 4.90 Å². The molecule has 8 nitrogen and oxygen atoms in total. The lowest BCUT2D eigenvalue weighted by Crippen LogP contribution is -2.41. The van der Waals surface area contributed by atoms with E-state index in [0.29, 0.717) is 31.1 Å². The molecular weight excluding hydrogens is 360 g/mol. The molecule has 2 aromatic rings. The summed E-state index contributed by atoms with van der Waals surface area (Å²) in [6, 6.07) is 9.51. The lowest BCUT2D eigenvalue weighted by molar-refractivity contribution is -0.384. The first-order chi connectivity index (χ1) is 13.5. The second-order valence-corrected chi connectivity index (χ2v) is 6.88. The summed E-state index contributed by atoms with van der Waals surface area (Å²) in [4.78, 5) is 40.5. The highest BCUT2D eigenvalue weighted by molar-refractivity contribution is 5.93. The highest BCUT2D eigenvalue weighted by Crippen LogP contribution is 2.18. The second-order valence-electron chi connectivity index (χ2n) is 6.88. The number of carbonyl (C=O) groups is 2. The number of piperidine rings is 1. The van der Waals surface area contributed by atoms with Crippen molar-refractivity contribution in [1.82, 2.24) is 15.2 Å². The minimum atomic E-state index is -0.463. The maximum Gasteiger partial charge on any atom is 0.269 e. The van der Waals surface area contributed by atoms with Crippen molar-refractivity contribution < 1.29 is 14.5 Å². The third-order valence-corrected chi connectivity index (χ3v) is 4.91. The largest absolute Gasteiger partial charge is 0.356 e. The maximum absolute atomic E-state index is 12.4. The van der Waals surface area contributed by atoms with Crippen molar-refractivity contribution >= 4 is 17.5 Å². The first-order valence-corrected chi connectivity index (χ1v) is 9.22. The second kappa shape index (κ2) is 9.07. The minimum absolute atomic E-state index is 0.00578. The number of likely N-dealkylation sites (tertiary alicyclic amines) is 1. The summed E-state index contributed by atoms with van der Waals surface area (Å²) < 4.78 is 0. The molecule has 1 aromatic heterocycles. The van der Waals surface area contributed by atoms with Crippen molar-refractivity contribution in [1.29, 1.82) is 0 Å². The van der Waals surface area contributed by atoms with Gasteiger partial charge in [0.15, 0.2) is 0 Å². The quantitative estimate of drug-likeness (QED) is 0.609. The molecule has 1 N–H and O–H groups in total. The van der Waals surface area contributed by atoms with Gasteiger partial charge in [0, 0.05) is 44.2 Å². The number of nitrogens with zero attached hydrogens (tertiary/aromatic N) is 3. The van der Waals surface area contributed by atoms with E-state index in [4.69, 9.17) is 0 Å². The fraction of sp³-hybridized carbons (Fsp3) is 0.350. The molecule has 1 aliphatic rings. The predicted molar refractivity (Wildman–Crippen MR) is 103 cm³/mol. The molecule has 0 bridgehead atoms. The normalized spacial score (nSPS) is 14.5. The fourth-order valence-electron chi connectivity index (χ4n) is 3.25. The van der Waals surface area contributed by atoms with Crippen LogP contribution in [0.2, 0.25) is 0 Å². The molecule has 1 aliphatic heterocycles. The Morgan fingerprint density at radius 2 is 1.89 bits per heavy atom. The summed E-state index contributed by atoms with van der Waals surface area (Å²) >= 11 is 0. The average molecular weight is 382 g/mol. The zero-order valence-corrected chi connectivity index (χ0v) is 15.4. The standard InChI is InChI=1S/C20H22N4O4/c25-19(12-15-3-5-18(6-4-15)24(27)28)22-13-16-7-10-23(11-8-16)20(26)17-2-1-9-21-14-17/h1-6,9,14,16H,7-8,10-13H2,(H,22,25).